The van der Waals surface area contributed by atoms with Crippen LogP contribution in [0.4, 0.5) is 0 Å². The molecule has 1 atom stereocenters. The highest BCUT2D eigenvalue weighted by molar-refractivity contribution is 6.00. The minimum Gasteiger partial charge on any atom is -0.299 e. The van der Waals surface area contributed by atoms with E-state index in [4.69, 9.17) is 11.7 Å². The maximum Gasteiger partial charge on any atom is 0.237 e. The van der Waals surface area contributed by atoms with Crippen molar-refractivity contribution in [3.05, 3.63) is 41.5 Å². The Morgan fingerprint density at radius 2 is 1.96 bits per heavy atom. The van der Waals surface area contributed by atoms with Crippen molar-refractivity contribution in [2.24, 2.45) is 5.41 Å². The van der Waals surface area contributed by atoms with Gasteiger partial charge in [0, 0.05) is 6.42 Å². The molecule has 2 rings (SSSR count). The molecule has 0 radical (unpaired) electrons. The third-order valence-corrected chi connectivity index (χ3v) is 4.68. The molecule has 118 valence electrons. The summed E-state index contributed by atoms with van der Waals surface area (Å²) in [5.74, 6) is 2.68. The van der Waals surface area contributed by atoms with E-state index >= 15 is 0 Å². The maximum atomic E-state index is 13.0. The highest BCUT2D eigenvalue weighted by atomic mass is 16.2. The van der Waals surface area contributed by atoms with Crippen molar-refractivity contribution in [2.75, 3.05) is 6.54 Å². The molecule has 0 fully saturated rings. The van der Waals surface area contributed by atoms with E-state index in [1.807, 2.05) is 44.2 Å². The van der Waals surface area contributed by atoms with E-state index in [2.05, 4.69) is 12.0 Å². The summed E-state index contributed by atoms with van der Waals surface area (Å²) < 4.78 is 0. The number of rotatable bonds is 6. The van der Waals surface area contributed by atoms with E-state index in [1.165, 1.54) is 0 Å². The Morgan fingerprint density at radius 1 is 1.26 bits per heavy atom. The van der Waals surface area contributed by atoms with Crippen LogP contribution in [0, 0.1) is 29.1 Å². The van der Waals surface area contributed by atoms with Gasteiger partial charge in [0.15, 0.2) is 0 Å². The van der Waals surface area contributed by atoms with Crippen LogP contribution in [0.15, 0.2) is 35.9 Å². The summed E-state index contributed by atoms with van der Waals surface area (Å²) in [6.07, 6.45) is 8.45. The Labute approximate surface area is 138 Å². The fourth-order valence-electron chi connectivity index (χ4n) is 3.21. The van der Waals surface area contributed by atoms with Crippen molar-refractivity contribution >= 4 is 11.6 Å². The molecule has 1 heterocycles. The van der Waals surface area contributed by atoms with Gasteiger partial charge in [-0.15, -0.1) is 6.42 Å². The van der Waals surface area contributed by atoms with E-state index in [-0.39, 0.29) is 12.5 Å². The smallest absolute Gasteiger partial charge is 0.237 e. The summed E-state index contributed by atoms with van der Waals surface area (Å²) in [6.45, 7) is 4.31. The zero-order valence-electron chi connectivity index (χ0n) is 13.8. The fraction of sp³-hybridized carbons (Fsp3) is 0.400. The summed E-state index contributed by atoms with van der Waals surface area (Å²) in [6, 6.07) is 12.1. The van der Waals surface area contributed by atoms with Crippen LogP contribution < -0.4 is 0 Å². The summed E-state index contributed by atoms with van der Waals surface area (Å²) in [5.41, 5.74) is 2.50. The van der Waals surface area contributed by atoms with Crippen molar-refractivity contribution in [3.63, 3.8) is 0 Å². The van der Waals surface area contributed by atoms with Gasteiger partial charge in [0.05, 0.1) is 23.7 Å². The van der Waals surface area contributed by atoms with Gasteiger partial charge in [0.25, 0.3) is 0 Å². The van der Waals surface area contributed by atoms with Crippen LogP contribution in [0.1, 0.15) is 45.1 Å². The van der Waals surface area contributed by atoms with Crippen LogP contribution in [0.5, 0.6) is 0 Å². The molecule has 3 heteroatoms. The van der Waals surface area contributed by atoms with Gasteiger partial charge in [-0.05, 0) is 37.8 Å². The SMILES string of the molecule is C#CCN1C(=O)C(C)(CCCCC#N)C(C)=C1c1ccccc1. The first-order chi connectivity index (χ1) is 11.1. The number of carbonyl (C=O) groups excluding carboxylic acids is 1. The number of amides is 1. The summed E-state index contributed by atoms with van der Waals surface area (Å²) in [7, 11) is 0. The second kappa shape index (κ2) is 7.16. The Balaban J connectivity index is 2.37. The van der Waals surface area contributed by atoms with Gasteiger partial charge < -0.3 is 0 Å². The molecule has 1 aromatic carbocycles. The van der Waals surface area contributed by atoms with Crippen LogP contribution in [0.25, 0.3) is 5.70 Å². The second-order valence-electron chi connectivity index (χ2n) is 6.13. The Hall–Kier alpha value is -2.52. The molecule has 1 aromatic rings. The predicted octanol–water partition coefficient (Wildman–Crippen LogP) is 3.98. The summed E-state index contributed by atoms with van der Waals surface area (Å²) in [5, 5.41) is 8.67. The molecule has 3 nitrogen and oxygen atoms in total. The van der Waals surface area contributed by atoms with Gasteiger partial charge in [0.1, 0.15) is 0 Å². The van der Waals surface area contributed by atoms with E-state index in [1.54, 1.807) is 4.90 Å². The van der Waals surface area contributed by atoms with E-state index in [9.17, 15) is 4.79 Å². The fourth-order valence-corrected chi connectivity index (χ4v) is 3.21. The molecule has 1 aliphatic rings. The predicted molar refractivity (Wildman–Crippen MR) is 91.8 cm³/mol. The van der Waals surface area contributed by atoms with Crippen LogP contribution in [-0.2, 0) is 4.79 Å². The van der Waals surface area contributed by atoms with Gasteiger partial charge in [-0.2, -0.15) is 5.26 Å². The Bertz CT molecular complexity index is 691. The van der Waals surface area contributed by atoms with Gasteiger partial charge in [-0.25, -0.2) is 0 Å². The molecule has 0 spiro atoms. The van der Waals surface area contributed by atoms with Crippen molar-refractivity contribution < 1.29 is 4.79 Å². The number of nitriles is 1. The highest BCUT2D eigenvalue weighted by Gasteiger charge is 2.46. The van der Waals surface area contributed by atoms with Crippen molar-refractivity contribution in [1.82, 2.24) is 4.90 Å². The molecule has 0 aliphatic carbocycles. The Kier molecular flexibility index (Phi) is 5.24. The standard InChI is InChI=1S/C20H22N2O/c1-4-15-22-18(17-11-7-5-8-12-17)16(2)20(3,19(22)23)13-9-6-10-14-21/h1,5,7-8,11-12H,6,9-10,13,15H2,2-3H3. The van der Waals surface area contributed by atoms with Gasteiger partial charge in [-0.3, -0.25) is 9.69 Å². The van der Waals surface area contributed by atoms with Crippen LogP contribution >= 0.6 is 0 Å². The van der Waals surface area contributed by atoms with Gasteiger partial charge in [-0.1, -0.05) is 42.7 Å². The third-order valence-electron chi connectivity index (χ3n) is 4.68. The molecule has 1 unspecified atom stereocenters. The average Bonchev–Trinajstić information content (AvgIpc) is 2.75. The number of benzene rings is 1. The largest absolute Gasteiger partial charge is 0.299 e. The molecular formula is C20H22N2O. The molecule has 1 amide bonds. The van der Waals surface area contributed by atoms with E-state index < -0.39 is 5.41 Å². The monoisotopic (exact) mass is 306 g/mol. The molecule has 0 aromatic heterocycles. The minimum absolute atomic E-state index is 0.0729. The number of hydrogen-bond acceptors (Lipinski definition) is 2. The Morgan fingerprint density at radius 3 is 2.57 bits per heavy atom. The quantitative estimate of drug-likeness (QED) is 0.589. The van der Waals surface area contributed by atoms with Gasteiger partial charge >= 0.3 is 0 Å². The average molecular weight is 306 g/mol. The molecule has 23 heavy (non-hydrogen) atoms. The molecule has 1 aliphatic heterocycles. The van der Waals surface area contributed by atoms with Crippen LogP contribution in [-0.4, -0.2) is 17.4 Å². The van der Waals surface area contributed by atoms with Gasteiger partial charge in [0.2, 0.25) is 5.91 Å². The van der Waals surface area contributed by atoms with E-state index in [0.717, 1.165) is 36.1 Å². The number of terminal acetylenes is 1. The molecular weight excluding hydrogens is 284 g/mol. The number of unbranched alkanes of at least 4 members (excludes halogenated alkanes) is 2. The highest BCUT2D eigenvalue weighted by Crippen LogP contribution is 2.46. The molecule has 0 saturated heterocycles. The van der Waals surface area contributed by atoms with Crippen molar-refractivity contribution in [3.8, 4) is 18.4 Å². The summed E-state index contributed by atoms with van der Waals surface area (Å²) >= 11 is 0. The second-order valence-corrected chi connectivity index (χ2v) is 6.13. The lowest BCUT2D eigenvalue weighted by atomic mass is 9.78. The topological polar surface area (TPSA) is 44.1 Å². The van der Waals surface area contributed by atoms with Crippen molar-refractivity contribution in [1.29, 1.82) is 5.26 Å². The van der Waals surface area contributed by atoms with Crippen LogP contribution in [0.3, 0.4) is 0 Å². The summed E-state index contributed by atoms with van der Waals surface area (Å²) in [4.78, 5) is 14.7. The maximum absolute atomic E-state index is 13.0. The molecule has 0 N–H and O–H groups in total. The molecule has 0 saturated carbocycles. The van der Waals surface area contributed by atoms with E-state index in [0.29, 0.717) is 6.42 Å². The molecule has 0 bridgehead atoms. The first kappa shape index (κ1) is 16.8. The zero-order valence-corrected chi connectivity index (χ0v) is 13.8. The third kappa shape index (κ3) is 3.15. The lowest BCUT2D eigenvalue weighted by Gasteiger charge is -2.25. The lowest BCUT2D eigenvalue weighted by Crippen LogP contribution is -2.35. The lowest BCUT2D eigenvalue weighted by molar-refractivity contribution is -0.133. The first-order valence-corrected chi connectivity index (χ1v) is 7.95. The number of carbonyl (C=O) groups is 1. The minimum atomic E-state index is -0.530. The number of nitrogens with zero attached hydrogens (tertiary/aromatic N) is 2. The van der Waals surface area contributed by atoms with Crippen molar-refractivity contribution in [2.45, 2.75) is 39.5 Å². The normalized spacial score (nSPS) is 20.5. The number of hydrogen-bond donors (Lipinski definition) is 0. The first-order valence-electron chi connectivity index (χ1n) is 7.95. The van der Waals surface area contributed by atoms with Crippen LogP contribution in [0.2, 0.25) is 0 Å². The zero-order chi connectivity index (χ0) is 16.9.